The fourth-order valence-electron chi connectivity index (χ4n) is 1.87. The molecule has 1 heterocycles. The van der Waals surface area contributed by atoms with Gasteiger partial charge in [-0.05, 0) is 12.1 Å². The summed E-state index contributed by atoms with van der Waals surface area (Å²) >= 11 is 0. The van der Waals surface area contributed by atoms with Crippen LogP contribution in [-0.2, 0) is 0 Å². The van der Waals surface area contributed by atoms with E-state index in [1.54, 1.807) is 38.4 Å². The Balaban J connectivity index is 2.61. The second kappa shape index (κ2) is 5.46. The third-order valence-corrected chi connectivity index (χ3v) is 2.86. The van der Waals surface area contributed by atoms with Crippen molar-refractivity contribution in [1.29, 1.82) is 5.26 Å². The average Bonchev–Trinajstić information content (AvgIpc) is 2.45. The molecule has 1 aromatic carbocycles. The second-order valence-corrected chi connectivity index (χ2v) is 4.58. The van der Waals surface area contributed by atoms with Crippen molar-refractivity contribution in [3.63, 3.8) is 0 Å². The molecular weight excluding hydrogens is 268 g/mol. The van der Waals surface area contributed by atoms with Crippen LogP contribution in [0.25, 0.3) is 11.3 Å². The van der Waals surface area contributed by atoms with Crippen LogP contribution < -0.4 is 11.5 Å². The molecule has 1 amide bonds. The van der Waals surface area contributed by atoms with Crippen LogP contribution in [0.1, 0.15) is 15.9 Å². The van der Waals surface area contributed by atoms with Gasteiger partial charge in [-0.1, -0.05) is 12.1 Å². The average molecular weight is 282 g/mol. The van der Waals surface area contributed by atoms with Crippen molar-refractivity contribution in [2.45, 2.75) is 0 Å². The number of hydrogen-bond acceptors (Lipinski definition) is 6. The quantitative estimate of drug-likeness (QED) is 0.843. The standard InChI is InChI=1S/C14H14N6O/c1-20(2)13(21)9-5-3-4-8(6-9)11-10(7-15)12(16)19-14(17)18-11/h3-6H,1-2H3,(H4,16,17,18,19). The van der Waals surface area contributed by atoms with Crippen molar-refractivity contribution in [3.8, 4) is 17.3 Å². The minimum absolute atomic E-state index is 0.0179. The molecule has 2 rings (SSSR count). The summed E-state index contributed by atoms with van der Waals surface area (Å²) in [5.41, 5.74) is 12.8. The molecule has 0 atom stereocenters. The van der Waals surface area contributed by atoms with E-state index in [0.29, 0.717) is 16.8 Å². The molecule has 0 fully saturated rings. The van der Waals surface area contributed by atoms with E-state index in [2.05, 4.69) is 9.97 Å². The minimum atomic E-state index is -0.148. The molecule has 0 radical (unpaired) electrons. The van der Waals surface area contributed by atoms with Crippen LogP contribution in [0.15, 0.2) is 24.3 Å². The minimum Gasteiger partial charge on any atom is -0.382 e. The van der Waals surface area contributed by atoms with Gasteiger partial charge in [-0.25, -0.2) is 4.98 Å². The summed E-state index contributed by atoms with van der Waals surface area (Å²) in [6.07, 6.45) is 0. The van der Waals surface area contributed by atoms with E-state index in [0.717, 1.165) is 0 Å². The predicted molar refractivity (Wildman–Crippen MR) is 79.0 cm³/mol. The lowest BCUT2D eigenvalue weighted by Crippen LogP contribution is -2.21. The molecule has 1 aromatic heterocycles. The highest BCUT2D eigenvalue weighted by atomic mass is 16.2. The zero-order chi connectivity index (χ0) is 15.6. The fraction of sp³-hybridized carbons (Fsp3) is 0.143. The highest BCUT2D eigenvalue weighted by molar-refractivity contribution is 5.95. The molecule has 21 heavy (non-hydrogen) atoms. The number of carbonyl (C=O) groups is 1. The molecule has 0 saturated carbocycles. The Hall–Kier alpha value is -3.14. The van der Waals surface area contributed by atoms with Crippen LogP contribution >= 0.6 is 0 Å². The molecule has 0 unspecified atom stereocenters. The summed E-state index contributed by atoms with van der Waals surface area (Å²) in [5.74, 6) is -0.152. The monoisotopic (exact) mass is 282 g/mol. The maximum atomic E-state index is 12.0. The van der Waals surface area contributed by atoms with Gasteiger partial charge in [0.2, 0.25) is 5.95 Å². The summed E-state index contributed by atoms with van der Waals surface area (Å²) in [6, 6.07) is 8.73. The highest BCUT2D eigenvalue weighted by Gasteiger charge is 2.15. The number of benzene rings is 1. The maximum absolute atomic E-state index is 12.0. The molecule has 0 spiro atoms. The number of nitriles is 1. The lowest BCUT2D eigenvalue weighted by atomic mass is 10.0. The van der Waals surface area contributed by atoms with Crippen molar-refractivity contribution < 1.29 is 4.79 Å². The lowest BCUT2D eigenvalue weighted by Gasteiger charge is -2.12. The molecule has 7 nitrogen and oxygen atoms in total. The molecule has 0 aliphatic heterocycles. The Bertz CT molecular complexity index is 748. The van der Waals surface area contributed by atoms with E-state index in [4.69, 9.17) is 11.5 Å². The van der Waals surface area contributed by atoms with Crippen molar-refractivity contribution in [1.82, 2.24) is 14.9 Å². The largest absolute Gasteiger partial charge is 0.382 e. The number of amides is 1. The van der Waals surface area contributed by atoms with Crippen LogP contribution in [0.4, 0.5) is 11.8 Å². The Labute approximate surface area is 121 Å². The highest BCUT2D eigenvalue weighted by Crippen LogP contribution is 2.26. The number of aromatic nitrogens is 2. The molecule has 7 heteroatoms. The van der Waals surface area contributed by atoms with Crippen LogP contribution in [0, 0.1) is 11.3 Å². The number of hydrogen-bond donors (Lipinski definition) is 2. The van der Waals surface area contributed by atoms with Gasteiger partial charge in [0, 0.05) is 25.2 Å². The fourth-order valence-corrected chi connectivity index (χ4v) is 1.87. The first kappa shape index (κ1) is 14.3. The Morgan fingerprint density at radius 2 is 2.00 bits per heavy atom. The molecule has 4 N–H and O–H groups in total. The van der Waals surface area contributed by atoms with E-state index < -0.39 is 0 Å². The van der Waals surface area contributed by atoms with E-state index in [1.165, 1.54) is 4.90 Å². The normalized spacial score (nSPS) is 9.95. The van der Waals surface area contributed by atoms with Crippen LogP contribution in [0.5, 0.6) is 0 Å². The smallest absolute Gasteiger partial charge is 0.253 e. The van der Waals surface area contributed by atoms with Gasteiger partial charge in [0.05, 0.1) is 5.69 Å². The number of anilines is 2. The number of nitrogen functional groups attached to an aromatic ring is 2. The van der Waals surface area contributed by atoms with Gasteiger partial charge < -0.3 is 16.4 Å². The van der Waals surface area contributed by atoms with Gasteiger partial charge in [0.1, 0.15) is 17.5 Å². The number of nitrogens with two attached hydrogens (primary N) is 2. The van der Waals surface area contributed by atoms with Crippen molar-refractivity contribution in [2.24, 2.45) is 0 Å². The SMILES string of the molecule is CN(C)C(=O)c1cccc(-c2nc(N)nc(N)c2C#N)c1. The molecule has 0 aliphatic carbocycles. The van der Waals surface area contributed by atoms with E-state index in [9.17, 15) is 10.1 Å². The Morgan fingerprint density at radius 1 is 1.29 bits per heavy atom. The van der Waals surface area contributed by atoms with Gasteiger partial charge in [-0.15, -0.1) is 0 Å². The third-order valence-electron chi connectivity index (χ3n) is 2.86. The first-order chi connectivity index (χ1) is 9.93. The predicted octanol–water partition coefficient (Wildman–Crippen LogP) is 0.881. The summed E-state index contributed by atoms with van der Waals surface area (Å²) in [5, 5.41) is 9.19. The van der Waals surface area contributed by atoms with Gasteiger partial charge in [-0.3, -0.25) is 4.79 Å². The number of carbonyl (C=O) groups excluding carboxylic acids is 1. The summed E-state index contributed by atoms with van der Waals surface area (Å²) in [7, 11) is 3.33. The summed E-state index contributed by atoms with van der Waals surface area (Å²) in [4.78, 5) is 21.3. The third kappa shape index (κ3) is 2.74. The van der Waals surface area contributed by atoms with Crippen molar-refractivity contribution in [2.75, 3.05) is 25.6 Å². The molecular formula is C14H14N6O. The topological polar surface area (TPSA) is 122 Å². The van der Waals surface area contributed by atoms with Gasteiger partial charge in [0.15, 0.2) is 0 Å². The lowest BCUT2D eigenvalue weighted by molar-refractivity contribution is 0.0827. The number of rotatable bonds is 2. The van der Waals surface area contributed by atoms with E-state index >= 15 is 0 Å². The second-order valence-electron chi connectivity index (χ2n) is 4.58. The summed E-state index contributed by atoms with van der Waals surface area (Å²) in [6.45, 7) is 0. The molecule has 0 saturated heterocycles. The van der Waals surface area contributed by atoms with Gasteiger partial charge >= 0.3 is 0 Å². The number of nitrogens with zero attached hydrogens (tertiary/aromatic N) is 4. The zero-order valence-electron chi connectivity index (χ0n) is 11.7. The molecule has 0 aliphatic rings. The van der Waals surface area contributed by atoms with Crippen molar-refractivity contribution in [3.05, 3.63) is 35.4 Å². The molecule has 2 aromatic rings. The Morgan fingerprint density at radius 3 is 2.62 bits per heavy atom. The molecule has 0 bridgehead atoms. The molecule has 106 valence electrons. The van der Waals surface area contributed by atoms with Gasteiger partial charge in [-0.2, -0.15) is 10.2 Å². The van der Waals surface area contributed by atoms with Crippen LogP contribution in [-0.4, -0.2) is 34.9 Å². The van der Waals surface area contributed by atoms with E-state index in [1.807, 2.05) is 6.07 Å². The zero-order valence-corrected chi connectivity index (χ0v) is 11.7. The first-order valence-corrected chi connectivity index (χ1v) is 6.09. The maximum Gasteiger partial charge on any atom is 0.253 e. The van der Waals surface area contributed by atoms with Crippen LogP contribution in [0.2, 0.25) is 0 Å². The van der Waals surface area contributed by atoms with Crippen molar-refractivity contribution >= 4 is 17.7 Å². The Kier molecular flexibility index (Phi) is 3.71. The van der Waals surface area contributed by atoms with Gasteiger partial charge in [0.25, 0.3) is 5.91 Å². The summed E-state index contributed by atoms with van der Waals surface area (Å²) < 4.78 is 0. The first-order valence-electron chi connectivity index (χ1n) is 6.09. The van der Waals surface area contributed by atoms with Crippen LogP contribution in [0.3, 0.4) is 0 Å². The van der Waals surface area contributed by atoms with E-state index in [-0.39, 0.29) is 23.2 Å².